The number of alkyl carbamates (subject to hydrolysis) is 1. The highest BCUT2D eigenvalue weighted by atomic mass is 32.1. The first-order valence-corrected chi connectivity index (χ1v) is 5.24. The van der Waals surface area contributed by atoms with Crippen molar-refractivity contribution < 1.29 is 14.3 Å². The highest BCUT2D eigenvalue weighted by Gasteiger charge is 2.12. The van der Waals surface area contributed by atoms with Crippen LogP contribution in [0.15, 0.2) is 30.3 Å². The summed E-state index contributed by atoms with van der Waals surface area (Å²) in [6.07, 6.45) is -0.626. The molecular formula is C11H13NO3S. The summed E-state index contributed by atoms with van der Waals surface area (Å²) in [6, 6.07) is 8.64. The van der Waals surface area contributed by atoms with Gasteiger partial charge in [-0.2, -0.15) is 0 Å². The largest absolute Gasteiger partial charge is 0.445 e. The number of rotatable bonds is 4. The van der Waals surface area contributed by atoms with Crippen molar-refractivity contribution in [1.29, 1.82) is 0 Å². The smallest absolute Gasteiger partial charge is 0.408 e. The molecule has 4 nitrogen and oxygen atoms in total. The van der Waals surface area contributed by atoms with Crippen LogP contribution in [0.5, 0.6) is 0 Å². The molecular weight excluding hydrogens is 226 g/mol. The lowest BCUT2D eigenvalue weighted by Gasteiger charge is -2.10. The third kappa shape index (κ3) is 4.35. The van der Waals surface area contributed by atoms with E-state index in [1.165, 1.54) is 0 Å². The Hall–Kier alpha value is -1.49. The van der Waals surface area contributed by atoms with Crippen molar-refractivity contribution in [3.8, 4) is 0 Å². The average Bonchev–Trinajstić information content (AvgIpc) is 2.27. The number of benzene rings is 1. The zero-order valence-electron chi connectivity index (χ0n) is 8.84. The van der Waals surface area contributed by atoms with E-state index < -0.39 is 17.3 Å². The standard InChI is InChI=1S/C11H13NO3S/c1-8(10(13)16)12-11(14)15-7-9-5-3-2-4-6-9/h2-6,8H,7H2,1H3,(H,12,14)(H,13,16)/t8-/m1/s1. The molecule has 0 aliphatic rings. The van der Waals surface area contributed by atoms with Crippen LogP contribution < -0.4 is 5.32 Å². The van der Waals surface area contributed by atoms with Crippen molar-refractivity contribution >= 4 is 23.8 Å². The lowest BCUT2D eigenvalue weighted by atomic mass is 10.2. The normalized spacial score (nSPS) is 11.6. The van der Waals surface area contributed by atoms with Gasteiger partial charge in [0.25, 0.3) is 0 Å². The summed E-state index contributed by atoms with van der Waals surface area (Å²) in [4.78, 5) is 22.0. The Bertz CT molecular complexity index is 367. The molecule has 1 aromatic rings. The summed E-state index contributed by atoms with van der Waals surface area (Å²) in [6.45, 7) is 1.72. The zero-order chi connectivity index (χ0) is 12.0. The molecule has 16 heavy (non-hydrogen) atoms. The monoisotopic (exact) mass is 239 g/mol. The van der Waals surface area contributed by atoms with Crippen molar-refractivity contribution in [3.63, 3.8) is 0 Å². The van der Waals surface area contributed by atoms with Crippen molar-refractivity contribution in [1.82, 2.24) is 5.32 Å². The molecule has 0 aliphatic heterocycles. The molecule has 0 saturated carbocycles. The Balaban J connectivity index is 2.33. The quantitative estimate of drug-likeness (QED) is 0.787. The van der Waals surface area contributed by atoms with Gasteiger partial charge in [-0.05, 0) is 12.5 Å². The number of amides is 1. The van der Waals surface area contributed by atoms with E-state index in [9.17, 15) is 9.59 Å². The number of carbonyl (C=O) groups excluding carboxylic acids is 2. The Morgan fingerprint density at radius 3 is 2.56 bits per heavy atom. The number of thiol groups is 1. The molecule has 5 heteroatoms. The molecule has 0 aromatic heterocycles. The molecule has 0 spiro atoms. The maximum absolute atomic E-state index is 11.2. The molecule has 0 unspecified atom stereocenters. The second-order valence-corrected chi connectivity index (χ2v) is 3.71. The first-order chi connectivity index (χ1) is 7.59. The molecule has 1 N–H and O–H groups in total. The van der Waals surface area contributed by atoms with Crippen LogP contribution in [0.2, 0.25) is 0 Å². The van der Waals surface area contributed by atoms with Crippen molar-refractivity contribution in [2.24, 2.45) is 0 Å². The molecule has 0 bridgehead atoms. The molecule has 1 aromatic carbocycles. The van der Waals surface area contributed by atoms with E-state index in [4.69, 9.17) is 4.74 Å². The molecule has 0 fully saturated rings. The van der Waals surface area contributed by atoms with Gasteiger partial charge in [-0.3, -0.25) is 4.79 Å². The molecule has 0 saturated heterocycles. The van der Waals surface area contributed by atoms with Gasteiger partial charge < -0.3 is 10.1 Å². The summed E-state index contributed by atoms with van der Waals surface area (Å²) in [7, 11) is 0. The van der Waals surface area contributed by atoms with Crippen LogP contribution in [-0.2, 0) is 16.1 Å². The number of hydrogen-bond donors (Lipinski definition) is 2. The molecule has 0 aliphatic carbocycles. The van der Waals surface area contributed by atoms with Crippen molar-refractivity contribution in [3.05, 3.63) is 35.9 Å². The lowest BCUT2D eigenvalue weighted by Crippen LogP contribution is -2.36. The molecule has 1 amide bonds. The third-order valence-electron chi connectivity index (χ3n) is 1.92. The van der Waals surface area contributed by atoms with Gasteiger partial charge in [0.2, 0.25) is 5.12 Å². The van der Waals surface area contributed by atoms with E-state index in [-0.39, 0.29) is 6.61 Å². The van der Waals surface area contributed by atoms with Crippen molar-refractivity contribution in [2.45, 2.75) is 19.6 Å². The maximum atomic E-state index is 11.2. The van der Waals surface area contributed by atoms with Gasteiger partial charge in [0.15, 0.2) is 0 Å². The van der Waals surface area contributed by atoms with Gasteiger partial charge in [0.1, 0.15) is 6.61 Å². The second kappa shape index (κ2) is 6.17. The number of nitrogens with one attached hydrogen (secondary N) is 1. The Kier molecular flexibility index (Phi) is 4.85. The van der Waals surface area contributed by atoms with Crippen LogP contribution in [0.3, 0.4) is 0 Å². The van der Waals surface area contributed by atoms with Crippen LogP contribution in [-0.4, -0.2) is 17.3 Å². The molecule has 86 valence electrons. The molecule has 0 heterocycles. The minimum absolute atomic E-state index is 0.181. The first-order valence-electron chi connectivity index (χ1n) is 4.79. The number of ether oxygens (including phenoxy) is 1. The Morgan fingerprint density at radius 1 is 1.38 bits per heavy atom. The van der Waals surface area contributed by atoms with E-state index in [0.29, 0.717) is 0 Å². The average molecular weight is 239 g/mol. The summed E-state index contributed by atoms with van der Waals surface area (Å²) in [5, 5.41) is 1.96. The minimum atomic E-state index is -0.647. The van der Waals surface area contributed by atoms with Crippen LogP contribution in [0.1, 0.15) is 12.5 Å². The first kappa shape index (κ1) is 12.6. The predicted octanol–water partition coefficient (Wildman–Crippen LogP) is 1.76. The number of hydrogen-bond acceptors (Lipinski definition) is 3. The van der Waals surface area contributed by atoms with E-state index in [0.717, 1.165) is 5.56 Å². The molecule has 1 rings (SSSR count). The second-order valence-electron chi connectivity index (χ2n) is 3.27. The minimum Gasteiger partial charge on any atom is -0.445 e. The van der Waals surface area contributed by atoms with Crippen LogP contribution in [0, 0.1) is 0 Å². The van der Waals surface area contributed by atoms with E-state index >= 15 is 0 Å². The van der Waals surface area contributed by atoms with Crippen LogP contribution >= 0.6 is 12.6 Å². The lowest BCUT2D eigenvalue weighted by molar-refractivity contribution is -0.112. The summed E-state index contributed by atoms with van der Waals surface area (Å²) < 4.78 is 4.91. The van der Waals surface area contributed by atoms with Gasteiger partial charge in [0.05, 0.1) is 6.04 Å². The fourth-order valence-electron chi connectivity index (χ4n) is 1.00. The van der Waals surface area contributed by atoms with Crippen LogP contribution in [0.25, 0.3) is 0 Å². The molecule has 0 radical (unpaired) electrons. The van der Waals surface area contributed by atoms with Gasteiger partial charge in [-0.15, -0.1) is 12.6 Å². The highest BCUT2D eigenvalue weighted by Crippen LogP contribution is 2.00. The van der Waals surface area contributed by atoms with Crippen molar-refractivity contribution in [2.75, 3.05) is 0 Å². The third-order valence-corrected chi connectivity index (χ3v) is 2.30. The predicted molar refractivity (Wildman–Crippen MR) is 63.2 cm³/mol. The summed E-state index contributed by atoms with van der Waals surface area (Å²) in [5.41, 5.74) is 0.891. The summed E-state index contributed by atoms with van der Waals surface area (Å²) in [5.74, 6) is 0. The maximum Gasteiger partial charge on any atom is 0.408 e. The Labute approximate surface area is 99.4 Å². The van der Waals surface area contributed by atoms with Gasteiger partial charge in [0, 0.05) is 0 Å². The zero-order valence-corrected chi connectivity index (χ0v) is 9.74. The topological polar surface area (TPSA) is 55.4 Å². The molecule has 1 atom stereocenters. The van der Waals surface area contributed by atoms with E-state index in [1.54, 1.807) is 6.92 Å². The van der Waals surface area contributed by atoms with Crippen LogP contribution in [0.4, 0.5) is 4.79 Å². The number of carbonyl (C=O) groups is 2. The van der Waals surface area contributed by atoms with Gasteiger partial charge in [-0.1, -0.05) is 30.3 Å². The highest BCUT2D eigenvalue weighted by molar-refractivity contribution is 7.96. The van der Waals surface area contributed by atoms with Gasteiger partial charge in [-0.25, -0.2) is 4.79 Å². The SMILES string of the molecule is C[C@@H](NC(=O)OCc1ccccc1)C(=O)S. The van der Waals surface area contributed by atoms with Gasteiger partial charge >= 0.3 is 6.09 Å². The summed E-state index contributed by atoms with van der Waals surface area (Å²) >= 11 is 3.60. The van der Waals surface area contributed by atoms with E-state index in [1.807, 2.05) is 30.3 Å². The fraction of sp³-hybridized carbons (Fsp3) is 0.273. The fourth-order valence-corrected chi connectivity index (χ4v) is 1.07. The Morgan fingerprint density at radius 2 is 2.00 bits per heavy atom. The van der Waals surface area contributed by atoms with E-state index in [2.05, 4.69) is 17.9 Å².